The zero-order valence-electron chi connectivity index (χ0n) is 12.9. The van der Waals surface area contributed by atoms with Crippen molar-refractivity contribution in [3.05, 3.63) is 74.7 Å². The number of hydrogen-bond acceptors (Lipinski definition) is 4. The van der Waals surface area contributed by atoms with Gasteiger partial charge in [0.25, 0.3) is 5.91 Å². The van der Waals surface area contributed by atoms with Crippen LogP contribution in [-0.4, -0.2) is 21.9 Å². The molecule has 0 spiro atoms. The number of halogens is 1. The highest BCUT2D eigenvalue weighted by atomic mass is 35.5. The Kier molecular flexibility index (Phi) is 5.08. The number of carbonyl (C=O) groups excluding carboxylic acids is 1. The van der Waals surface area contributed by atoms with Gasteiger partial charge in [0.15, 0.2) is 0 Å². The SMILES string of the molecule is Cc1nn(Cc2ccccc2)c(Cl)c1/C=N\NC(=O)c1cccs1. The minimum Gasteiger partial charge on any atom is -0.266 e. The van der Waals surface area contributed by atoms with Crippen molar-refractivity contribution in [2.45, 2.75) is 13.5 Å². The van der Waals surface area contributed by atoms with Gasteiger partial charge >= 0.3 is 0 Å². The summed E-state index contributed by atoms with van der Waals surface area (Å²) in [5.74, 6) is -0.244. The molecular formula is C17H15ClN4OS. The molecule has 0 aliphatic rings. The standard InChI is InChI=1S/C17H15ClN4OS/c1-12-14(10-19-20-17(23)15-8-5-9-24-15)16(18)22(21-12)11-13-6-3-2-4-7-13/h2-10H,11H2,1H3,(H,20,23)/b19-10-. The van der Waals surface area contributed by atoms with E-state index >= 15 is 0 Å². The number of aromatic nitrogens is 2. The van der Waals surface area contributed by atoms with Crippen molar-refractivity contribution in [1.82, 2.24) is 15.2 Å². The molecular weight excluding hydrogens is 344 g/mol. The quantitative estimate of drug-likeness (QED) is 0.558. The first kappa shape index (κ1) is 16.4. The molecule has 7 heteroatoms. The van der Waals surface area contributed by atoms with Gasteiger partial charge in [-0.15, -0.1) is 11.3 Å². The number of thiophene rings is 1. The number of nitrogens with one attached hydrogen (secondary N) is 1. The molecule has 0 aliphatic carbocycles. The number of amides is 1. The van der Waals surface area contributed by atoms with Gasteiger partial charge in [0, 0.05) is 0 Å². The lowest BCUT2D eigenvalue weighted by atomic mass is 10.2. The van der Waals surface area contributed by atoms with Crippen molar-refractivity contribution in [3.8, 4) is 0 Å². The summed E-state index contributed by atoms with van der Waals surface area (Å²) in [7, 11) is 0. The van der Waals surface area contributed by atoms with Crippen molar-refractivity contribution < 1.29 is 4.79 Å². The molecule has 24 heavy (non-hydrogen) atoms. The van der Waals surface area contributed by atoms with Crippen molar-refractivity contribution in [2.24, 2.45) is 5.10 Å². The highest BCUT2D eigenvalue weighted by Crippen LogP contribution is 2.19. The van der Waals surface area contributed by atoms with Crippen LogP contribution in [0.15, 0.2) is 52.9 Å². The number of hydrogen-bond donors (Lipinski definition) is 1. The summed E-state index contributed by atoms with van der Waals surface area (Å²) in [5, 5.41) is 10.8. The van der Waals surface area contributed by atoms with Crippen LogP contribution in [-0.2, 0) is 6.54 Å². The Bertz CT molecular complexity index is 856. The number of rotatable bonds is 5. The summed E-state index contributed by atoms with van der Waals surface area (Å²) >= 11 is 7.75. The van der Waals surface area contributed by atoms with Gasteiger partial charge in [0.1, 0.15) is 5.15 Å². The van der Waals surface area contributed by atoms with E-state index in [2.05, 4.69) is 15.6 Å². The van der Waals surface area contributed by atoms with Crippen molar-refractivity contribution in [2.75, 3.05) is 0 Å². The van der Waals surface area contributed by atoms with Crippen LogP contribution in [0.3, 0.4) is 0 Å². The number of benzene rings is 1. The highest BCUT2D eigenvalue weighted by Gasteiger charge is 2.12. The van der Waals surface area contributed by atoms with E-state index in [1.165, 1.54) is 17.6 Å². The molecule has 0 saturated heterocycles. The summed E-state index contributed by atoms with van der Waals surface area (Å²) in [6, 6.07) is 13.5. The van der Waals surface area contributed by atoms with E-state index in [-0.39, 0.29) is 5.91 Å². The third-order valence-electron chi connectivity index (χ3n) is 3.39. The maximum atomic E-state index is 11.8. The summed E-state index contributed by atoms with van der Waals surface area (Å²) in [4.78, 5) is 12.5. The lowest BCUT2D eigenvalue weighted by Crippen LogP contribution is -2.16. The lowest BCUT2D eigenvalue weighted by Gasteiger charge is -2.03. The average molecular weight is 359 g/mol. The zero-order chi connectivity index (χ0) is 16.9. The van der Waals surface area contributed by atoms with Gasteiger partial charge in [-0.3, -0.25) is 4.79 Å². The van der Waals surface area contributed by atoms with Crippen molar-refractivity contribution in [1.29, 1.82) is 0 Å². The predicted molar refractivity (Wildman–Crippen MR) is 96.9 cm³/mol. The molecule has 5 nitrogen and oxygen atoms in total. The molecule has 1 aromatic carbocycles. The Balaban J connectivity index is 1.72. The first-order valence-corrected chi connectivity index (χ1v) is 8.54. The summed E-state index contributed by atoms with van der Waals surface area (Å²) < 4.78 is 1.72. The van der Waals surface area contributed by atoms with Crippen LogP contribution in [0.5, 0.6) is 0 Å². The van der Waals surface area contributed by atoms with Crippen LogP contribution in [0.4, 0.5) is 0 Å². The summed E-state index contributed by atoms with van der Waals surface area (Å²) in [6.45, 7) is 2.44. The predicted octanol–water partition coefficient (Wildman–Crippen LogP) is 3.72. The molecule has 0 radical (unpaired) electrons. The Morgan fingerprint density at radius 1 is 1.33 bits per heavy atom. The molecule has 0 unspecified atom stereocenters. The Morgan fingerprint density at radius 2 is 2.12 bits per heavy atom. The molecule has 0 fully saturated rings. The molecule has 1 N–H and O–H groups in total. The highest BCUT2D eigenvalue weighted by molar-refractivity contribution is 7.12. The second-order valence-corrected chi connectivity index (χ2v) is 6.42. The van der Waals surface area contributed by atoms with Crippen LogP contribution >= 0.6 is 22.9 Å². The lowest BCUT2D eigenvalue weighted by molar-refractivity contribution is 0.0959. The topological polar surface area (TPSA) is 59.3 Å². The van der Waals surface area contributed by atoms with E-state index in [1.807, 2.05) is 48.7 Å². The molecule has 3 rings (SSSR count). The zero-order valence-corrected chi connectivity index (χ0v) is 14.5. The van der Waals surface area contributed by atoms with Crippen molar-refractivity contribution in [3.63, 3.8) is 0 Å². The smallest absolute Gasteiger partial charge is 0.266 e. The molecule has 122 valence electrons. The fourth-order valence-electron chi connectivity index (χ4n) is 2.19. The Labute approximate surface area is 148 Å². The third kappa shape index (κ3) is 3.72. The molecule has 0 bridgehead atoms. The molecule has 2 heterocycles. The van der Waals surface area contributed by atoms with Gasteiger partial charge in [-0.25, -0.2) is 10.1 Å². The molecule has 0 saturated carbocycles. The van der Waals surface area contributed by atoms with Gasteiger partial charge in [-0.05, 0) is 23.9 Å². The monoisotopic (exact) mass is 358 g/mol. The number of hydrazone groups is 1. The first-order valence-electron chi connectivity index (χ1n) is 7.29. The van der Waals surface area contributed by atoms with Gasteiger partial charge in [0.05, 0.1) is 28.9 Å². The second kappa shape index (κ2) is 7.42. The maximum absolute atomic E-state index is 11.8. The van der Waals surface area contributed by atoms with Crippen LogP contribution in [0.2, 0.25) is 5.15 Å². The van der Waals surface area contributed by atoms with Gasteiger partial charge < -0.3 is 0 Å². The molecule has 0 atom stereocenters. The van der Waals surface area contributed by atoms with Gasteiger partial charge in [0.2, 0.25) is 0 Å². The molecule has 0 aliphatic heterocycles. The summed E-state index contributed by atoms with van der Waals surface area (Å²) in [6.07, 6.45) is 1.53. The molecule has 1 amide bonds. The largest absolute Gasteiger partial charge is 0.281 e. The minimum absolute atomic E-state index is 0.244. The molecule has 2 aromatic heterocycles. The van der Waals surface area contributed by atoms with Crippen LogP contribution in [0, 0.1) is 6.92 Å². The minimum atomic E-state index is -0.244. The van der Waals surface area contributed by atoms with E-state index < -0.39 is 0 Å². The number of aryl methyl sites for hydroxylation is 1. The molecule has 3 aromatic rings. The fourth-order valence-corrected chi connectivity index (χ4v) is 3.09. The van der Waals surface area contributed by atoms with E-state index in [0.29, 0.717) is 22.1 Å². The normalized spacial score (nSPS) is 11.1. The Morgan fingerprint density at radius 3 is 2.83 bits per heavy atom. The van der Waals surface area contributed by atoms with Crippen LogP contribution < -0.4 is 5.43 Å². The van der Waals surface area contributed by atoms with Crippen molar-refractivity contribution >= 4 is 35.1 Å². The third-order valence-corrected chi connectivity index (χ3v) is 4.66. The van der Waals surface area contributed by atoms with E-state index in [4.69, 9.17) is 11.6 Å². The maximum Gasteiger partial charge on any atom is 0.281 e. The fraction of sp³-hybridized carbons (Fsp3) is 0.118. The average Bonchev–Trinajstić information content (AvgIpc) is 3.20. The van der Waals surface area contributed by atoms with Crippen LogP contribution in [0.25, 0.3) is 0 Å². The van der Waals surface area contributed by atoms with Gasteiger partial charge in [-0.1, -0.05) is 48.0 Å². The van der Waals surface area contributed by atoms with Crippen LogP contribution in [0.1, 0.15) is 26.5 Å². The van der Waals surface area contributed by atoms with Gasteiger partial charge in [-0.2, -0.15) is 10.2 Å². The summed E-state index contributed by atoms with van der Waals surface area (Å²) in [5.41, 5.74) is 5.05. The van der Waals surface area contributed by atoms with E-state index in [1.54, 1.807) is 10.7 Å². The second-order valence-electron chi connectivity index (χ2n) is 5.11. The number of carbonyl (C=O) groups is 1. The van der Waals surface area contributed by atoms with E-state index in [9.17, 15) is 4.79 Å². The van der Waals surface area contributed by atoms with E-state index in [0.717, 1.165) is 11.3 Å². The Hall–Kier alpha value is -2.44. The number of nitrogens with zero attached hydrogens (tertiary/aromatic N) is 3. The first-order chi connectivity index (χ1) is 11.6.